The summed E-state index contributed by atoms with van der Waals surface area (Å²) in [4.78, 5) is 3.77. The normalized spacial score (nSPS) is 10.9. The summed E-state index contributed by atoms with van der Waals surface area (Å²) in [5.41, 5.74) is 1.02. The molecule has 0 bridgehead atoms. The zero-order valence-electron chi connectivity index (χ0n) is 6.82. The molecule has 0 saturated heterocycles. The molecule has 1 heterocycles. The molecule has 0 aromatic carbocycles. The van der Waals surface area contributed by atoms with Crippen molar-refractivity contribution >= 4 is 27.5 Å². The molecule has 1 nitrogen and oxygen atoms in total. The van der Waals surface area contributed by atoms with E-state index in [-0.39, 0.29) is 5.69 Å². The van der Waals surface area contributed by atoms with E-state index in [0.717, 1.165) is 5.56 Å². The minimum atomic E-state index is -2.57. The van der Waals surface area contributed by atoms with E-state index in [2.05, 4.69) is 20.9 Å². The van der Waals surface area contributed by atoms with E-state index in [4.69, 9.17) is 11.6 Å². The summed E-state index contributed by atoms with van der Waals surface area (Å²) in [6.07, 6.45) is -2.57. The molecule has 0 aliphatic rings. The van der Waals surface area contributed by atoms with Gasteiger partial charge in [0, 0.05) is 10.4 Å². The summed E-state index contributed by atoms with van der Waals surface area (Å²) in [5.74, 6) is 0. The lowest BCUT2D eigenvalue weighted by Crippen LogP contribution is -1.98. The highest BCUT2D eigenvalue weighted by Crippen LogP contribution is 2.25. The zero-order chi connectivity index (χ0) is 10.0. The average molecular weight is 271 g/mol. The first-order valence-corrected chi connectivity index (χ1v) is 5.06. The highest BCUT2D eigenvalue weighted by atomic mass is 79.9. The minimum Gasteiger partial charge on any atom is -0.251 e. The molecular formula is C8H7BrClF2N. The van der Waals surface area contributed by atoms with Crippen molar-refractivity contribution in [1.82, 2.24) is 4.98 Å². The first-order chi connectivity index (χ1) is 6.06. The van der Waals surface area contributed by atoms with E-state index in [1.165, 1.54) is 6.07 Å². The molecule has 0 unspecified atom stereocenters. The lowest BCUT2D eigenvalue weighted by Gasteiger charge is -2.06. The van der Waals surface area contributed by atoms with Crippen molar-refractivity contribution in [1.29, 1.82) is 0 Å². The molecule has 0 atom stereocenters. The predicted molar refractivity (Wildman–Crippen MR) is 51.6 cm³/mol. The van der Waals surface area contributed by atoms with Gasteiger partial charge in [0.2, 0.25) is 0 Å². The van der Waals surface area contributed by atoms with E-state index in [0.29, 0.717) is 16.0 Å². The standard InChI is InChI=1S/C8H7BrClF2N/c1-4-5(10)2-6(8(11)12)13-7(4)3-9/h2,8H,3H2,1H3. The summed E-state index contributed by atoms with van der Waals surface area (Å²) in [6.45, 7) is 1.75. The summed E-state index contributed by atoms with van der Waals surface area (Å²) in [6, 6.07) is 1.20. The van der Waals surface area contributed by atoms with E-state index < -0.39 is 6.43 Å². The molecule has 72 valence electrons. The molecule has 5 heteroatoms. The number of halogens is 4. The Morgan fingerprint density at radius 3 is 2.69 bits per heavy atom. The maximum Gasteiger partial charge on any atom is 0.280 e. The third-order valence-electron chi connectivity index (χ3n) is 1.68. The molecule has 0 N–H and O–H groups in total. The zero-order valence-corrected chi connectivity index (χ0v) is 9.16. The maximum absolute atomic E-state index is 12.3. The fourth-order valence-corrected chi connectivity index (χ4v) is 1.66. The van der Waals surface area contributed by atoms with Gasteiger partial charge >= 0.3 is 0 Å². The quantitative estimate of drug-likeness (QED) is 0.743. The van der Waals surface area contributed by atoms with Gasteiger partial charge in [-0.1, -0.05) is 27.5 Å². The molecule has 1 aromatic rings. The summed E-state index contributed by atoms with van der Waals surface area (Å²) in [5, 5.41) is 0.763. The van der Waals surface area contributed by atoms with Gasteiger partial charge in [-0.15, -0.1) is 0 Å². The van der Waals surface area contributed by atoms with Crippen molar-refractivity contribution in [3.05, 3.63) is 28.0 Å². The maximum atomic E-state index is 12.3. The number of pyridine rings is 1. The third kappa shape index (κ3) is 2.38. The van der Waals surface area contributed by atoms with Crippen molar-refractivity contribution in [2.45, 2.75) is 18.7 Å². The summed E-state index contributed by atoms with van der Waals surface area (Å²) in [7, 11) is 0. The fraction of sp³-hybridized carbons (Fsp3) is 0.375. The van der Waals surface area contributed by atoms with E-state index >= 15 is 0 Å². The highest BCUT2D eigenvalue weighted by Gasteiger charge is 2.13. The largest absolute Gasteiger partial charge is 0.280 e. The Kier molecular flexibility index (Phi) is 3.62. The van der Waals surface area contributed by atoms with Crippen LogP contribution in [0.5, 0.6) is 0 Å². The van der Waals surface area contributed by atoms with Crippen LogP contribution in [0.3, 0.4) is 0 Å². The van der Waals surface area contributed by atoms with Gasteiger partial charge in [-0.05, 0) is 18.6 Å². The molecule has 1 rings (SSSR count). The van der Waals surface area contributed by atoms with Crippen LogP contribution in [0.25, 0.3) is 0 Å². The third-order valence-corrected chi connectivity index (χ3v) is 2.60. The van der Waals surface area contributed by atoms with Crippen LogP contribution in [-0.2, 0) is 5.33 Å². The Labute approximate surface area is 88.2 Å². The van der Waals surface area contributed by atoms with Crippen LogP contribution in [0.2, 0.25) is 5.02 Å². The molecule has 0 fully saturated rings. The van der Waals surface area contributed by atoms with Gasteiger partial charge in [-0.3, -0.25) is 4.98 Å². The fourth-order valence-electron chi connectivity index (χ4n) is 0.890. The second kappa shape index (κ2) is 4.33. The second-order valence-corrected chi connectivity index (χ2v) is 3.50. The van der Waals surface area contributed by atoms with Gasteiger partial charge in [0.05, 0.1) is 5.69 Å². The number of nitrogens with zero attached hydrogens (tertiary/aromatic N) is 1. The molecule has 1 aromatic heterocycles. The van der Waals surface area contributed by atoms with E-state index in [1.807, 2.05) is 0 Å². The Morgan fingerprint density at radius 1 is 1.62 bits per heavy atom. The summed E-state index contributed by atoms with van der Waals surface area (Å²) >= 11 is 8.91. The van der Waals surface area contributed by atoms with Crippen molar-refractivity contribution in [3.8, 4) is 0 Å². The topological polar surface area (TPSA) is 12.9 Å². The lowest BCUT2D eigenvalue weighted by molar-refractivity contribution is 0.146. The lowest BCUT2D eigenvalue weighted by atomic mass is 10.2. The molecular weight excluding hydrogens is 263 g/mol. The SMILES string of the molecule is Cc1c(Cl)cc(C(F)F)nc1CBr. The molecule has 0 aliphatic heterocycles. The van der Waals surface area contributed by atoms with Crippen molar-refractivity contribution < 1.29 is 8.78 Å². The van der Waals surface area contributed by atoms with Gasteiger partial charge in [0.25, 0.3) is 6.43 Å². The molecule has 13 heavy (non-hydrogen) atoms. The van der Waals surface area contributed by atoms with Crippen LogP contribution in [-0.4, -0.2) is 4.98 Å². The van der Waals surface area contributed by atoms with Gasteiger partial charge in [0.1, 0.15) is 5.69 Å². The van der Waals surface area contributed by atoms with Gasteiger partial charge in [0.15, 0.2) is 0 Å². The highest BCUT2D eigenvalue weighted by molar-refractivity contribution is 9.08. The van der Waals surface area contributed by atoms with Crippen LogP contribution < -0.4 is 0 Å². The van der Waals surface area contributed by atoms with Crippen molar-refractivity contribution in [2.75, 3.05) is 0 Å². The van der Waals surface area contributed by atoms with Crippen LogP contribution in [0.1, 0.15) is 23.4 Å². The number of alkyl halides is 3. The minimum absolute atomic E-state index is 0.273. The number of hydrogen-bond acceptors (Lipinski definition) is 1. The monoisotopic (exact) mass is 269 g/mol. The molecule has 0 amide bonds. The van der Waals surface area contributed by atoms with Crippen LogP contribution in [0.4, 0.5) is 8.78 Å². The smallest absolute Gasteiger partial charge is 0.251 e. The Balaban J connectivity index is 3.22. The van der Waals surface area contributed by atoms with Gasteiger partial charge < -0.3 is 0 Å². The first kappa shape index (κ1) is 10.9. The number of rotatable bonds is 2. The number of aromatic nitrogens is 1. The first-order valence-electron chi connectivity index (χ1n) is 3.56. The van der Waals surface area contributed by atoms with Gasteiger partial charge in [-0.25, -0.2) is 8.78 Å². The molecule has 0 saturated carbocycles. The van der Waals surface area contributed by atoms with Crippen molar-refractivity contribution in [2.24, 2.45) is 0 Å². The average Bonchev–Trinajstić information content (AvgIpc) is 2.09. The van der Waals surface area contributed by atoms with Crippen molar-refractivity contribution in [3.63, 3.8) is 0 Å². The predicted octanol–water partition coefficient (Wildman–Crippen LogP) is 3.88. The van der Waals surface area contributed by atoms with Crippen LogP contribution in [0.15, 0.2) is 6.07 Å². The molecule has 0 radical (unpaired) electrons. The van der Waals surface area contributed by atoms with Crippen LogP contribution >= 0.6 is 27.5 Å². The second-order valence-electron chi connectivity index (χ2n) is 2.53. The number of hydrogen-bond donors (Lipinski definition) is 0. The van der Waals surface area contributed by atoms with Crippen LogP contribution in [0, 0.1) is 6.92 Å². The Hall–Kier alpha value is -0.220. The Morgan fingerprint density at radius 2 is 2.23 bits per heavy atom. The summed E-state index contributed by atoms with van der Waals surface area (Å²) < 4.78 is 24.5. The Bertz CT molecular complexity index is 317. The molecule has 0 aliphatic carbocycles. The van der Waals surface area contributed by atoms with Gasteiger partial charge in [-0.2, -0.15) is 0 Å². The van der Waals surface area contributed by atoms with E-state index in [9.17, 15) is 8.78 Å². The van der Waals surface area contributed by atoms with E-state index in [1.54, 1.807) is 6.92 Å². The molecule has 0 spiro atoms.